The van der Waals surface area contributed by atoms with Crippen LogP contribution in [0.2, 0.25) is 6.04 Å². The van der Waals surface area contributed by atoms with Gasteiger partial charge in [0.2, 0.25) is 0 Å². The molecule has 0 aliphatic carbocycles. The first kappa shape index (κ1) is 14.6. The van der Waals surface area contributed by atoms with Crippen molar-refractivity contribution in [3.63, 3.8) is 0 Å². The quantitative estimate of drug-likeness (QED) is 0.659. The Balaban J connectivity index is 4.93. The van der Waals surface area contributed by atoms with Crippen molar-refractivity contribution >= 4 is 26.7 Å². The van der Waals surface area contributed by atoms with Crippen LogP contribution in [0.5, 0.6) is 0 Å². The van der Waals surface area contributed by atoms with E-state index in [1.807, 2.05) is 0 Å². The maximum Gasteiger partial charge on any atom is 0.706 e. The Kier molecular flexibility index (Phi) is 5.68. The summed E-state index contributed by atoms with van der Waals surface area (Å²) in [4.78, 5) is 32.7. The van der Waals surface area contributed by atoms with E-state index in [1.54, 1.807) is 0 Å². The first-order valence-corrected chi connectivity index (χ1v) is 6.53. The lowest BCUT2D eigenvalue weighted by atomic mass is 10.8. The van der Waals surface area contributed by atoms with Gasteiger partial charge in [0.15, 0.2) is 0 Å². The Morgan fingerprint density at radius 2 is 1.25 bits per heavy atom. The first-order chi connectivity index (χ1) is 7.31. The Hall–Kier alpha value is -1.41. The van der Waals surface area contributed by atoms with Crippen LogP contribution in [0, 0.1) is 0 Å². The second-order valence-corrected chi connectivity index (χ2v) is 5.48. The van der Waals surface area contributed by atoms with Gasteiger partial charge in [-0.2, -0.15) is 0 Å². The fourth-order valence-corrected chi connectivity index (χ4v) is 3.15. The van der Waals surface area contributed by atoms with Crippen molar-refractivity contribution in [2.24, 2.45) is 5.73 Å². The van der Waals surface area contributed by atoms with Crippen molar-refractivity contribution in [3.05, 3.63) is 0 Å². The van der Waals surface area contributed by atoms with Crippen molar-refractivity contribution in [1.29, 1.82) is 0 Å². The van der Waals surface area contributed by atoms with Crippen LogP contribution in [0.25, 0.3) is 0 Å². The van der Waals surface area contributed by atoms with Crippen LogP contribution in [0.4, 0.5) is 0 Å². The van der Waals surface area contributed by atoms with Crippen LogP contribution in [0.15, 0.2) is 0 Å². The van der Waals surface area contributed by atoms with Crippen LogP contribution in [0.3, 0.4) is 0 Å². The summed E-state index contributed by atoms with van der Waals surface area (Å²) in [5, 5.41) is 0. The molecule has 0 radical (unpaired) electrons. The molecule has 0 unspecified atom stereocenters. The zero-order valence-corrected chi connectivity index (χ0v) is 10.4. The van der Waals surface area contributed by atoms with Crippen molar-refractivity contribution in [1.82, 2.24) is 0 Å². The molecule has 7 nitrogen and oxygen atoms in total. The molecule has 0 heterocycles. The lowest BCUT2D eigenvalue weighted by Gasteiger charge is -2.25. The summed E-state index contributed by atoms with van der Waals surface area (Å²) in [5.41, 5.74) is 5.30. The third-order valence-corrected chi connectivity index (χ3v) is 4.04. The monoisotopic (exact) mass is 249 g/mol. The molecular weight excluding hydrogens is 234 g/mol. The van der Waals surface area contributed by atoms with Gasteiger partial charge in [0.25, 0.3) is 17.9 Å². The molecule has 0 saturated carbocycles. The van der Waals surface area contributed by atoms with E-state index in [0.29, 0.717) is 0 Å². The molecule has 92 valence electrons. The molecule has 0 aliphatic heterocycles. The Morgan fingerprint density at radius 1 is 0.938 bits per heavy atom. The predicted octanol–water partition coefficient (Wildman–Crippen LogP) is -0.427. The summed E-state index contributed by atoms with van der Waals surface area (Å²) < 4.78 is 14.5. The third kappa shape index (κ3) is 5.46. The average molecular weight is 249 g/mol. The van der Waals surface area contributed by atoms with E-state index in [-0.39, 0.29) is 12.6 Å². The van der Waals surface area contributed by atoms with Crippen LogP contribution in [-0.4, -0.2) is 33.3 Å². The Labute approximate surface area is 94.2 Å². The van der Waals surface area contributed by atoms with Gasteiger partial charge in [-0.1, -0.05) is 0 Å². The van der Waals surface area contributed by atoms with Gasteiger partial charge in [-0.05, 0) is 0 Å². The minimum absolute atomic E-state index is 0.00569. The molecule has 0 bridgehead atoms. The van der Waals surface area contributed by atoms with E-state index in [9.17, 15) is 14.4 Å². The average Bonchev–Trinajstić information content (AvgIpc) is 1.98. The summed E-state index contributed by atoms with van der Waals surface area (Å²) in [6.45, 7) is 3.46. The van der Waals surface area contributed by atoms with Gasteiger partial charge < -0.3 is 19.0 Å². The molecule has 0 fully saturated rings. The van der Waals surface area contributed by atoms with E-state index in [4.69, 9.17) is 19.0 Å². The van der Waals surface area contributed by atoms with E-state index in [2.05, 4.69) is 0 Å². The second-order valence-electron chi connectivity index (χ2n) is 3.00. The number of carbonyl (C=O) groups excluding carboxylic acids is 3. The molecule has 0 aliphatic rings. The molecule has 2 N–H and O–H groups in total. The summed E-state index contributed by atoms with van der Waals surface area (Å²) in [7, 11) is -3.66. The van der Waals surface area contributed by atoms with E-state index < -0.39 is 26.7 Å². The second kappa shape index (κ2) is 6.23. The van der Waals surface area contributed by atoms with Gasteiger partial charge in [0.05, 0.1) is 6.04 Å². The van der Waals surface area contributed by atoms with Crippen molar-refractivity contribution in [2.75, 3.05) is 6.54 Å². The smallest absolute Gasteiger partial charge is 0.455 e. The number of nitrogens with two attached hydrogens (primary N) is 1. The predicted molar refractivity (Wildman–Crippen MR) is 54.9 cm³/mol. The van der Waals surface area contributed by atoms with Crippen LogP contribution in [0.1, 0.15) is 20.8 Å². The topological polar surface area (TPSA) is 105 Å². The van der Waals surface area contributed by atoms with E-state index in [1.165, 1.54) is 0 Å². The Morgan fingerprint density at radius 3 is 1.44 bits per heavy atom. The summed E-state index contributed by atoms with van der Waals surface area (Å²) in [5.74, 6) is -2.08. The largest absolute Gasteiger partial charge is 0.706 e. The van der Waals surface area contributed by atoms with Gasteiger partial charge in [0, 0.05) is 27.3 Å². The molecule has 0 rings (SSSR count). The fraction of sp³-hybridized carbons (Fsp3) is 0.625. The van der Waals surface area contributed by atoms with E-state index >= 15 is 0 Å². The number of rotatable bonds is 5. The van der Waals surface area contributed by atoms with Gasteiger partial charge in [0.1, 0.15) is 0 Å². The van der Waals surface area contributed by atoms with Gasteiger partial charge in [-0.3, -0.25) is 14.4 Å². The molecule has 0 saturated heterocycles. The highest BCUT2D eigenvalue weighted by molar-refractivity contribution is 6.65. The molecule has 0 atom stereocenters. The van der Waals surface area contributed by atoms with Gasteiger partial charge in [-0.25, -0.2) is 0 Å². The highest BCUT2D eigenvalue weighted by atomic mass is 28.4. The highest BCUT2D eigenvalue weighted by Gasteiger charge is 2.50. The molecule has 16 heavy (non-hydrogen) atoms. The molecular formula is C8H15NO6Si. The standard InChI is InChI=1S/C8H15NO6Si/c1-6(10)13-16(5-4-9,14-7(2)11)15-8(3)12/h4-5,9H2,1-3H3. The summed E-state index contributed by atoms with van der Waals surface area (Å²) >= 11 is 0. The number of carbonyl (C=O) groups is 3. The minimum Gasteiger partial charge on any atom is -0.455 e. The molecule has 8 heteroatoms. The molecule has 0 aromatic heterocycles. The van der Waals surface area contributed by atoms with Crippen LogP contribution >= 0.6 is 0 Å². The molecule has 0 aromatic rings. The maximum absolute atomic E-state index is 10.9. The van der Waals surface area contributed by atoms with Crippen LogP contribution in [-0.2, 0) is 27.7 Å². The minimum atomic E-state index is -3.66. The summed E-state index contributed by atoms with van der Waals surface area (Å²) in [6.07, 6.45) is 0. The SMILES string of the molecule is CC(=O)O[Si](CCN)(OC(C)=O)OC(C)=O. The number of hydrogen-bond donors (Lipinski definition) is 1. The maximum atomic E-state index is 10.9. The van der Waals surface area contributed by atoms with Gasteiger partial charge >= 0.3 is 8.80 Å². The highest BCUT2D eigenvalue weighted by Crippen LogP contribution is 2.16. The third-order valence-electron chi connectivity index (χ3n) is 1.35. The van der Waals surface area contributed by atoms with Gasteiger partial charge in [-0.15, -0.1) is 0 Å². The number of hydrogen-bond acceptors (Lipinski definition) is 7. The lowest BCUT2D eigenvalue weighted by Crippen LogP contribution is -2.50. The van der Waals surface area contributed by atoms with Crippen molar-refractivity contribution in [2.45, 2.75) is 26.8 Å². The summed E-state index contributed by atoms with van der Waals surface area (Å²) in [6, 6.07) is 0.00569. The normalized spacial score (nSPS) is 10.5. The van der Waals surface area contributed by atoms with Crippen LogP contribution < -0.4 is 5.73 Å². The lowest BCUT2D eigenvalue weighted by molar-refractivity contribution is -0.147. The molecule has 0 amide bonds. The van der Waals surface area contributed by atoms with Crippen molar-refractivity contribution in [3.8, 4) is 0 Å². The Bertz CT molecular complexity index is 251. The first-order valence-electron chi connectivity index (χ1n) is 4.60. The zero-order valence-electron chi connectivity index (χ0n) is 9.44. The van der Waals surface area contributed by atoms with Crippen molar-refractivity contribution < 1.29 is 27.7 Å². The fourth-order valence-electron chi connectivity index (χ4n) is 1.05. The zero-order chi connectivity index (χ0) is 12.8. The molecule has 0 aromatic carbocycles. The molecule has 0 spiro atoms. The van der Waals surface area contributed by atoms with E-state index in [0.717, 1.165) is 20.8 Å².